The zero-order valence-electron chi connectivity index (χ0n) is 17.4. The largest absolute Gasteiger partial charge is 0.493 e. The molecule has 0 aliphatic heterocycles. The van der Waals surface area contributed by atoms with Crippen LogP contribution in [0.3, 0.4) is 0 Å². The molecule has 0 amide bonds. The van der Waals surface area contributed by atoms with Crippen LogP contribution in [-0.2, 0) is 0 Å². The van der Waals surface area contributed by atoms with Crippen molar-refractivity contribution in [1.29, 1.82) is 0 Å². The summed E-state index contributed by atoms with van der Waals surface area (Å²) in [7, 11) is 0. The summed E-state index contributed by atoms with van der Waals surface area (Å²) < 4.78 is 24.5. The molecule has 2 aromatic carbocycles. The maximum Gasteiger partial charge on any atom is 0.339 e. The normalized spacial score (nSPS) is 12.6. The van der Waals surface area contributed by atoms with E-state index in [9.17, 15) is 14.3 Å². The Morgan fingerprint density at radius 2 is 2.03 bits per heavy atom. The van der Waals surface area contributed by atoms with Gasteiger partial charge in [-0.15, -0.1) is 0 Å². The van der Waals surface area contributed by atoms with Crippen molar-refractivity contribution in [2.75, 3.05) is 25.1 Å². The number of hydrogen-bond acceptors (Lipinski definition) is 5. The van der Waals surface area contributed by atoms with Gasteiger partial charge in [0.1, 0.15) is 29.8 Å². The highest BCUT2D eigenvalue weighted by Crippen LogP contribution is 2.26. The molecule has 0 aliphatic rings. The number of hydrogen-bond donors (Lipinski definition) is 2. The van der Waals surface area contributed by atoms with Crippen molar-refractivity contribution in [3.63, 3.8) is 0 Å². The monoisotopic (exact) mass is 414 g/mol. The first kappa shape index (κ1) is 22.9. The number of carboxylic acid groups (broad SMARTS) is 1. The van der Waals surface area contributed by atoms with Gasteiger partial charge in [0.2, 0.25) is 0 Å². The average Bonchev–Trinajstić information content (AvgIpc) is 2.72. The fraction of sp³-hybridized carbons (Fsp3) is 0.304. The van der Waals surface area contributed by atoms with E-state index in [0.29, 0.717) is 30.2 Å². The lowest BCUT2D eigenvalue weighted by molar-refractivity contribution is 0.0692. The number of carboxylic acids is 1. The molecule has 2 rings (SSSR count). The topological polar surface area (TPSA) is 80.2 Å². The first-order chi connectivity index (χ1) is 14.5. The van der Waals surface area contributed by atoms with Gasteiger partial charge in [0.25, 0.3) is 0 Å². The Bertz CT molecular complexity index is 910. The van der Waals surface area contributed by atoms with Crippen molar-refractivity contribution in [3.05, 3.63) is 59.7 Å². The van der Waals surface area contributed by atoms with E-state index in [0.717, 1.165) is 5.69 Å². The van der Waals surface area contributed by atoms with Crippen molar-refractivity contribution in [1.82, 2.24) is 0 Å². The Morgan fingerprint density at radius 3 is 2.70 bits per heavy atom. The molecule has 0 saturated carbocycles. The molecule has 0 radical (unpaired) electrons. The number of alkyl halides is 1. The van der Waals surface area contributed by atoms with Gasteiger partial charge in [-0.05, 0) is 50.6 Å². The molecular weight excluding hydrogens is 387 g/mol. The third-order valence-corrected chi connectivity index (χ3v) is 4.31. The fourth-order valence-corrected chi connectivity index (χ4v) is 2.72. The van der Waals surface area contributed by atoms with Crippen molar-refractivity contribution in [3.8, 4) is 11.5 Å². The van der Waals surface area contributed by atoms with Crippen LogP contribution in [0.1, 0.15) is 31.1 Å². The van der Waals surface area contributed by atoms with E-state index < -0.39 is 12.1 Å². The van der Waals surface area contributed by atoms with Crippen molar-refractivity contribution in [2.45, 2.75) is 26.9 Å². The maximum atomic E-state index is 13.5. The van der Waals surface area contributed by atoms with Crippen LogP contribution in [0.25, 0.3) is 0 Å². The van der Waals surface area contributed by atoms with E-state index in [2.05, 4.69) is 10.3 Å². The average molecular weight is 414 g/mol. The van der Waals surface area contributed by atoms with Crippen LogP contribution in [0, 0.1) is 0 Å². The van der Waals surface area contributed by atoms with Gasteiger partial charge in [-0.1, -0.05) is 18.2 Å². The molecule has 7 heteroatoms. The molecule has 0 fully saturated rings. The predicted molar refractivity (Wildman–Crippen MR) is 117 cm³/mol. The predicted octanol–water partition coefficient (Wildman–Crippen LogP) is 5.28. The Hall–Kier alpha value is -3.35. The molecular formula is C23H27FN2O4. The van der Waals surface area contributed by atoms with Crippen LogP contribution < -0.4 is 14.8 Å². The third-order valence-electron chi connectivity index (χ3n) is 4.31. The second kappa shape index (κ2) is 11.6. The van der Waals surface area contributed by atoms with Crippen LogP contribution in [0.4, 0.5) is 15.8 Å². The molecule has 0 bridgehead atoms. The number of nitrogens with zero attached hydrogens (tertiary/aromatic N) is 1. The lowest BCUT2D eigenvalue weighted by Gasteiger charge is -2.12. The quantitative estimate of drug-likeness (QED) is 0.386. The first-order valence-corrected chi connectivity index (χ1v) is 9.73. The molecule has 0 aromatic heterocycles. The Balaban J connectivity index is 2.01. The number of ether oxygens (including phenoxy) is 2. The number of allylic oxidation sites excluding steroid dienone is 1. The molecule has 0 spiro atoms. The summed E-state index contributed by atoms with van der Waals surface area (Å²) in [6.07, 6.45) is 2.37. The highest BCUT2D eigenvalue weighted by molar-refractivity contribution is 5.91. The van der Waals surface area contributed by atoms with Gasteiger partial charge < -0.3 is 19.9 Å². The molecule has 1 atom stereocenters. The lowest BCUT2D eigenvalue weighted by Crippen LogP contribution is -2.11. The number of benzene rings is 2. The van der Waals surface area contributed by atoms with E-state index in [1.54, 1.807) is 31.3 Å². The van der Waals surface area contributed by atoms with Crippen LogP contribution in [0.5, 0.6) is 11.5 Å². The Kier molecular flexibility index (Phi) is 8.87. The smallest absolute Gasteiger partial charge is 0.339 e. The van der Waals surface area contributed by atoms with Gasteiger partial charge in [-0.25, -0.2) is 9.18 Å². The number of halogens is 1. The van der Waals surface area contributed by atoms with Gasteiger partial charge in [0, 0.05) is 18.8 Å². The van der Waals surface area contributed by atoms with E-state index in [-0.39, 0.29) is 17.9 Å². The molecule has 0 saturated heterocycles. The molecule has 2 N–H and O–H groups in total. The van der Waals surface area contributed by atoms with Crippen LogP contribution >= 0.6 is 0 Å². The number of aliphatic imine (C=N–C) groups is 1. The van der Waals surface area contributed by atoms with Gasteiger partial charge in [0.05, 0.1) is 18.0 Å². The number of anilines is 1. The Morgan fingerprint density at radius 1 is 1.27 bits per heavy atom. The SMILES string of the molecule is C/C=C(/CNc1ccccc1N=CCOc1ccc(C(=O)O)c(OCC)c1)C(C)F. The van der Waals surface area contributed by atoms with Crippen molar-refractivity contribution >= 4 is 23.6 Å². The maximum absolute atomic E-state index is 13.5. The number of rotatable bonds is 11. The second-order valence-electron chi connectivity index (χ2n) is 6.37. The Labute approximate surface area is 176 Å². The number of nitrogens with one attached hydrogen (secondary N) is 1. The summed E-state index contributed by atoms with van der Waals surface area (Å²) in [6, 6.07) is 12.0. The third kappa shape index (κ3) is 6.62. The van der Waals surface area contributed by atoms with Crippen molar-refractivity contribution in [2.24, 2.45) is 4.99 Å². The van der Waals surface area contributed by atoms with Crippen molar-refractivity contribution < 1.29 is 23.8 Å². The van der Waals surface area contributed by atoms with Crippen LogP contribution in [0.15, 0.2) is 59.1 Å². The minimum atomic E-state index is -1.06. The molecule has 160 valence electrons. The summed E-state index contributed by atoms with van der Waals surface area (Å²) in [5.41, 5.74) is 2.26. The number of aromatic carboxylic acids is 1. The molecule has 1 unspecified atom stereocenters. The van der Waals surface area contributed by atoms with E-state index in [4.69, 9.17) is 9.47 Å². The molecule has 6 nitrogen and oxygen atoms in total. The minimum Gasteiger partial charge on any atom is -0.493 e. The first-order valence-electron chi connectivity index (χ1n) is 9.73. The summed E-state index contributed by atoms with van der Waals surface area (Å²) in [5.74, 6) is -0.314. The summed E-state index contributed by atoms with van der Waals surface area (Å²) in [4.78, 5) is 15.7. The highest BCUT2D eigenvalue weighted by atomic mass is 19.1. The van der Waals surface area contributed by atoms with E-state index in [1.165, 1.54) is 13.0 Å². The summed E-state index contributed by atoms with van der Waals surface area (Å²) in [5, 5.41) is 12.4. The minimum absolute atomic E-state index is 0.0842. The second-order valence-corrected chi connectivity index (χ2v) is 6.37. The molecule has 0 aliphatic carbocycles. The summed E-state index contributed by atoms with van der Waals surface area (Å²) >= 11 is 0. The number of para-hydroxylation sites is 2. The van der Waals surface area contributed by atoms with Crippen LogP contribution in [0.2, 0.25) is 0 Å². The van der Waals surface area contributed by atoms with E-state index in [1.807, 2.05) is 31.2 Å². The van der Waals surface area contributed by atoms with Crippen LogP contribution in [-0.4, -0.2) is 43.2 Å². The molecule has 0 heterocycles. The van der Waals surface area contributed by atoms with Gasteiger partial charge in [0.15, 0.2) is 0 Å². The molecule has 30 heavy (non-hydrogen) atoms. The zero-order chi connectivity index (χ0) is 21.9. The molecule has 2 aromatic rings. The standard InChI is InChI=1S/C23H27FN2O4/c1-4-17(16(3)24)15-26-21-9-7-6-8-20(21)25-12-13-30-18-10-11-19(23(27)28)22(14-18)29-5-2/h4,6-12,14,16,26H,5,13,15H2,1-3H3,(H,27,28)/b17-4-,25-12?. The highest BCUT2D eigenvalue weighted by Gasteiger charge is 2.12. The zero-order valence-corrected chi connectivity index (χ0v) is 17.4. The van der Waals surface area contributed by atoms with E-state index >= 15 is 0 Å². The van der Waals surface area contributed by atoms with Gasteiger partial charge in [-0.3, -0.25) is 4.99 Å². The lowest BCUT2D eigenvalue weighted by atomic mass is 10.1. The van der Waals surface area contributed by atoms with Gasteiger partial charge >= 0.3 is 5.97 Å². The summed E-state index contributed by atoms with van der Waals surface area (Å²) in [6.45, 7) is 6.05. The fourth-order valence-electron chi connectivity index (χ4n) is 2.72. The van der Waals surface area contributed by atoms with Gasteiger partial charge in [-0.2, -0.15) is 0 Å². The number of carbonyl (C=O) groups is 1.